The average molecular weight is 306 g/mol. The molecule has 0 aliphatic carbocycles. The summed E-state index contributed by atoms with van der Waals surface area (Å²) in [5, 5.41) is 14.9. The van der Waals surface area contributed by atoms with Gasteiger partial charge in [0.1, 0.15) is 0 Å². The van der Waals surface area contributed by atoms with E-state index in [-0.39, 0.29) is 11.3 Å². The second-order valence-electron chi connectivity index (χ2n) is 6.91. The summed E-state index contributed by atoms with van der Waals surface area (Å²) in [5.41, 5.74) is 4.79. The van der Waals surface area contributed by atoms with E-state index >= 15 is 0 Å². The molecule has 0 spiro atoms. The highest BCUT2D eigenvalue weighted by Gasteiger charge is 2.29. The van der Waals surface area contributed by atoms with Gasteiger partial charge in [0.15, 0.2) is 0 Å². The summed E-state index contributed by atoms with van der Waals surface area (Å²) in [6, 6.07) is 18.2. The molecule has 0 aliphatic rings. The first kappa shape index (κ1) is 15.3. The molecule has 0 fully saturated rings. The number of hydrogen-bond donors (Lipinski definition) is 1. The van der Waals surface area contributed by atoms with Crippen LogP contribution in [0.4, 0.5) is 0 Å². The van der Waals surface area contributed by atoms with Crippen molar-refractivity contribution in [3.05, 3.63) is 65.7 Å². The molecule has 1 heterocycles. The van der Waals surface area contributed by atoms with E-state index in [1.807, 2.05) is 41.1 Å². The molecule has 0 unspecified atom stereocenters. The molecule has 3 aromatic rings. The Morgan fingerprint density at radius 2 is 1.65 bits per heavy atom. The average Bonchev–Trinajstić information content (AvgIpc) is 2.86. The lowest BCUT2D eigenvalue weighted by atomic mass is 9.85. The molecule has 2 aromatic carbocycles. The first-order valence-electron chi connectivity index (χ1n) is 7.83. The molecule has 0 amide bonds. The lowest BCUT2D eigenvalue weighted by Crippen LogP contribution is -2.13. The first-order valence-corrected chi connectivity index (χ1v) is 7.83. The summed E-state index contributed by atoms with van der Waals surface area (Å²) in [4.78, 5) is 0. The number of benzene rings is 2. The topological polar surface area (TPSA) is 38.1 Å². The standard InChI is InChI=1S/C20H22N2O/c1-14-9-8-10-15(13-14)18-17(20(2,3)4)19(23)21-22(18)16-11-6-5-7-12-16/h5-13H,1-4H3,(H,21,23). The fourth-order valence-electron chi connectivity index (χ4n) is 2.91. The molecule has 118 valence electrons. The van der Waals surface area contributed by atoms with E-state index in [0.717, 1.165) is 22.5 Å². The maximum absolute atomic E-state index is 10.5. The lowest BCUT2D eigenvalue weighted by molar-refractivity contribution is 0.427. The van der Waals surface area contributed by atoms with Crippen LogP contribution in [0.5, 0.6) is 5.88 Å². The van der Waals surface area contributed by atoms with Gasteiger partial charge >= 0.3 is 0 Å². The van der Waals surface area contributed by atoms with Crippen LogP contribution in [-0.4, -0.2) is 14.9 Å². The van der Waals surface area contributed by atoms with Crippen molar-refractivity contribution in [2.75, 3.05) is 0 Å². The van der Waals surface area contributed by atoms with E-state index in [9.17, 15) is 5.11 Å². The Morgan fingerprint density at radius 3 is 2.26 bits per heavy atom. The third kappa shape index (κ3) is 2.87. The largest absolute Gasteiger partial charge is 0.492 e. The van der Waals surface area contributed by atoms with Gasteiger partial charge in [0, 0.05) is 11.1 Å². The maximum atomic E-state index is 10.5. The van der Waals surface area contributed by atoms with Gasteiger partial charge in [0.25, 0.3) is 0 Å². The highest BCUT2D eigenvalue weighted by Crippen LogP contribution is 2.40. The van der Waals surface area contributed by atoms with Gasteiger partial charge in [-0.25, -0.2) is 4.68 Å². The SMILES string of the molecule is Cc1cccc(-c2c(C(C)(C)C)c(O)nn2-c2ccccc2)c1. The minimum absolute atomic E-state index is 0.0952. The fourth-order valence-corrected chi connectivity index (χ4v) is 2.91. The highest BCUT2D eigenvalue weighted by molar-refractivity contribution is 5.70. The summed E-state index contributed by atoms with van der Waals surface area (Å²) in [7, 11) is 0. The molecule has 1 aromatic heterocycles. The number of rotatable bonds is 2. The second kappa shape index (κ2) is 5.58. The van der Waals surface area contributed by atoms with Crippen molar-refractivity contribution in [1.29, 1.82) is 0 Å². The number of hydrogen-bond acceptors (Lipinski definition) is 2. The number of aromatic hydroxyl groups is 1. The predicted molar refractivity (Wildman–Crippen MR) is 94.1 cm³/mol. The normalized spacial score (nSPS) is 11.7. The van der Waals surface area contributed by atoms with Gasteiger partial charge in [-0.3, -0.25) is 0 Å². The minimum Gasteiger partial charge on any atom is -0.492 e. The predicted octanol–water partition coefficient (Wildman–Crippen LogP) is 4.85. The Balaban J connectivity index is 2.34. The summed E-state index contributed by atoms with van der Waals surface area (Å²) < 4.78 is 1.84. The molecule has 0 saturated heterocycles. The third-order valence-corrected chi connectivity index (χ3v) is 3.91. The van der Waals surface area contributed by atoms with Gasteiger partial charge in [-0.2, -0.15) is 0 Å². The lowest BCUT2D eigenvalue weighted by Gasteiger charge is -2.20. The highest BCUT2D eigenvalue weighted by atomic mass is 16.3. The minimum atomic E-state index is -0.212. The quantitative estimate of drug-likeness (QED) is 0.735. The van der Waals surface area contributed by atoms with Gasteiger partial charge in [-0.15, -0.1) is 5.10 Å². The zero-order valence-electron chi connectivity index (χ0n) is 14.0. The van der Waals surface area contributed by atoms with Crippen molar-refractivity contribution in [2.45, 2.75) is 33.1 Å². The van der Waals surface area contributed by atoms with Crippen molar-refractivity contribution in [3.63, 3.8) is 0 Å². The van der Waals surface area contributed by atoms with Crippen LogP contribution in [-0.2, 0) is 5.41 Å². The Morgan fingerprint density at radius 1 is 0.957 bits per heavy atom. The zero-order chi connectivity index (χ0) is 16.6. The second-order valence-corrected chi connectivity index (χ2v) is 6.91. The van der Waals surface area contributed by atoms with Crippen molar-refractivity contribution in [3.8, 4) is 22.8 Å². The molecular weight excluding hydrogens is 284 g/mol. The Bertz CT molecular complexity index is 827. The fraction of sp³-hybridized carbons (Fsp3) is 0.250. The first-order chi connectivity index (χ1) is 10.9. The molecular formula is C20H22N2O. The Kier molecular flexibility index (Phi) is 3.72. The number of aryl methyl sites for hydroxylation is 1. The molecule has 3 nitrogen and oxygen atoms in total. The van der Waals surface area contributed by atoms with E-state index in [1.54, 1.807) is 0 Å². The summed E-state index contributed by atoms with van der Waals surface area (Å²) in [6.45, 7) is 8.36. The molecule has 3 rings (SSSR count). The van der Waals surface area contributed by atoms with Crippen LogP contribution in [0.15, 0.2) is 54.6 Å². The molecule has 0 aliphatic heterocycles. The molecule has 1 N–H and O–H groups in total. The monoisotopic (exact) mass is 306 g/mol. The van der Waals surface area contributed by atoms with Crippen molar-refractivity contribution in [1.82, 2.24) is 9.78 Å². The molecule has 0 bridgehead atoms. The van der Waals surface area contributed by atoms with Crippen LogP contribution in [0.2, 0.25) is 0 Å². The number of aromatic nitrogens is 2. The van der Waals surface area contributed by atoms with Crippen molar-refractivity contribution >= 4 is 0 Å². The maximum Gasteiger partial charge on any atom is 0.235 e. The molecule has 0 atom stereocenters. The van der Waals surface area contributed by atoms with E-state index in [2.05, 4.69) is 51.0 Å². The Hall–Kier alpha value is -2.55. The number of para-hydroxylation sites is 1. The van der Waals surface area contributed by atoms with E-state index in [1.165, 1.54) is 5.56 Å². The van der Waals surface area contributed by atoms with E-state index < -0.39 is 0 Å². The van der Waals surface area contributed by atoms with Gasteiger partial charge in [-0.1, -0.05) is 62.7 Å². The van der Waals surface area contributed by atoms with Crippen LogP contribution in [0, 0.1) is 6.92 Å². The van der Waals surface area contributed by atoms with Crippen LogP contribution in [0.3, 0.4) is 0 Å². The summed E-state index contributed by atoms with van der Waals surface area (Å²) in [6.07, 6.45) is 0. The molecule has 23 heavy (non-hydrogen) atoms. The van der Waals surface area contributed by atoms with Gasteiger partial charge < -0.3 is 5.11 Å². The van der Waals surface area contributed by atoms with Crippen LogP contribution < -0.4 is 0 Å². The molecule has 0 radical (unpaired) electrons. The van der Waals surface area contributed by atoms with Gasteiger partial charge in [-0.05, 0) is 30.5 Å². The van der Waals surface area contributed by atoms with Crippen molar-refractivity contribution < 1.29 is 5.11 Å². The van der Waals surface area contributed by atoms with Gasteiger partial charge in [0.2, 0.25) is 5.88 Å². The van der Waals surface area contributed by atoms with E-state index in [0.29, 0.717) is 0 Å². The Labute approximate surface area is 137 Å². The van der Waals surface area contributed by atoms with Crippen LogP contribution in [0.1, 0.15) is 31.9 Å². The molecule has 3 heteroatoms. The van der Waals surface area contributed by atoms with Gasteiger partial charge in [0.05, 0.1) is 11.4 Å². The van der Waals surface area contributed by atoms with Crippen LogP contribution in [0.25, 0.3) is 16.9 Å². The van der Waals surface area contributed by atoms with Crippen molar-refractivity contribution in [2.24, 2.45) is 0 Å². The summed E-state index contributed by atoms with van der Waals surface area (Å²) >= 11 is 0. The number of nitrogens with zero attached hydrogens (tertiary/aromatic N) is 2. The third-order valence-electron chi connectivity index (χ3n) is 3.91. The zero-order valence-corrected chi connectivity index (χ0v) is 14.0. The van der Waals surface area contributed by atoms with Crippen LogP contribution >= 0.6 is 0 Å². The summed E-state index contributed by atoms with van der Waals surface area (Å²) in [5.74, 6) is 0.0952. The smallest absolute Gasteiger partial charge is 0.235 e. The van der Waals surface area contributed by atoms with E-state index in [4.69, 9.17) is 0 Å². The molecule has 0 saturated carbocycles.